The van der Waals surface area contributed by atoms with Crippen LogP contribution in [0.1, 0.15) is 36.8 Å². The van der Waals surface area contributed by atoms with E-state index in [-0.39, 0.29) is 17.8 Å². The number of halogens is 1. The average molecular weight is 394 g/mol. The molecule has 29 heavy (non-hydrogen) atoms. The van der Waals surface area contributed by atoms with Gasteiger partial charge in [0.25, 0.3) is 0 Å². The average Bonchev–Trinajstić information content (AvgIpc) is 3.42. The maximum atomic E-state index is 13.9. The van der Waals surface area contributed by atoms with Crippen molar-refractivity contribution in [2.75, 3.05) is 13.7 Å². The van der Waals surface area contributed by atoms with Gasteiger partial charge in [0.05, 0.1) is 24.9 Å². The van der Waals surface area contributed by atoms with E-state index in [0.717, 1.165) is 30.7 Å². The van der Waals surface area contributed by atoms with Gasteiger partial charge in [0, 0.05) is 19.4 Å². The molecule has 4 rings (SSSR count). The van der Waals surface area contributed by atoms with Crippen LogP contribution in [0.25, 0.3) is 11.3 Å². The molecule has 1 aromatic heterocycles. The first-order valence-electron chi connectivity index (χ1n) is 9.78. The van der Waals surface area contributed by atoms with Crippen molar-refractivity contribution in [3.63, 3.8) is 0 Å². The Morgan fingerprint density at radius 2 is 2.03 bits per heavy atom. The normalized spacial score (nSPS) is 16.2. The van der Waals surface area contributed by atoms with E-state index < -0.39 is 0 Å². The molecule has 0 saturated carbocycles. The number of aromatic nitrogens is 1. The molecule has 2 heterocycles. The molecule has 6 heteroatoms. The number of benzene rings is 2. The van der Waals surface area contributed by atoms with Crippen LogP contribution in [0, 0.1) is 5.82 Å². The number of hydrogen-bond donors (Lipinski definition) is 0. The zero-order valence-electron chi connectivity index (χ0n) is 16.3. The van der Waals surface area contributed by atoms with Gasteiger partial charge in [-0.3, -0.25) is 4.79 Å². The number of likely N-dealkylation sites (tertiary alicyclic amines) is 1. The molecule has 3 aromatic rings. The van der Waals surface area contributed by atoms with E-state index in [9.17, 15) is 9.18 Å². The molecule has 1 fully saturated rings. The van der Waals surface area contributed by atoms with Crippen LogP contribution in [-0.2, 0) is 11.2 Å². The molecule has 1 amide bonds. The van der Waals surface area contributed by atoms with E-state index >= 15 is 0 Å². The van der Waals surface area contributed by atoms with Gasteiger partial charge in [-0.2, -0.15) is 0 Å². The van der Waals surface area contributed by atoms with Crippen molar-refractivity contribution in [1.82, 2.24) is 9.88 Å². The first kappa shape index (κ1) is 19.2. The predicted molar refractivity (Wildman–Crippen MR) is 107 cm³/mol. The lowest BCUT2D eigenvalue weighted by atomic mass is 10.0. The minimum absolute atomic E-state index is 0.0777. The van der Waals surface area contributed by atoms with Crippen LogP contribution in [0.5, 0.6) is 5.75 Å². The molecule has 1 unspecified atom stereocenters. The third kappa shape index (κ3) is 4.16. The number of nitrogens with zero attached hydrogens (tertiary/aromatic N) is 2. The first-order chi connectivity index (χ1) is 14.2. The highest BCUT2D eigenvalue weighted by Crippen LogP contribution is 2.33. The topological polar surface area (TPSA) is 55.6 Å². The van der Waals surface area contributed by atoms with Gasteiger partial charge in [0.15, 0.2) is 11.7 Å². The summed E-state index contributed by atoms with van der Waals surface area (Å²) in [5.74, 6) is 1.35. The number of carbonyl (C=O) groups is 1. The molecule has 1 atom stereocenters. The molecular weight excluding hydrogens is 371 g/mol. The van der Waals surface area contributed by atoms with E-state index in [1.165, 1.54) is 12.3 Å². The Morgan fingerprint density at radius 3 is 2.79 bits per heavy atom. The van der Waals surface area contributed by atoms with Crippen molar-refractivity contribution in [3.8, 4) is 17.1 Å². The smallest absolute Gasteiger partial charge is 0.223 e. The third-order valence-electron chi connectivity index (χ3n) is 5.32. The van der Waals surface area contributed by atoms with Gasteiger partial charge in [0.2, 0.25) is 5.91 Å². The van der Waals surface area contributed by atoms with Crippen molar-refractivity contribution in [1.29, 1.82) is 0 Å². The molecule has 1 saturated heterocycles. The number of methoxy groups -OCH3 is 1. The Morgan fingerprint density at radius 1 is 1.24 bits per heavy atom. The molecule has 1 aliphatic rings. The molecule has 2 aromatic carbocycles. The molecule has 0 aliphatic carbocycles. The van der Waals surface area contributed by atoms with Crippen molar-refractivity contribution < 1.29 is 18.3 Å². The van der Waals surface area contributed by atoms with Crippen LogP contribution in [0.4, 0.5) is 4.39 Å². The fourth-order valence-corrected chi connectivity index (χ4v) is 3.81. The Kier molecular flexibility index (Phi) is 5.60. The van der Waals surface area contributed by atoms with Crippen LogP contribution >= 0.6 is 0 Å². The number of amides is 1. The Balaban J connectivity index is 1.39. The molecule has 5 nitrogen and oxygen atoms in total. The number of ether oxygens (including phenoxy) is 1. The van der Waals surface area contributed by atoms with Gasteiger partial charge in [0.1, 0.15) is 11.6 Å². The summed E-state index contributed by atoms with van der Waals surface area (Å²) in [7, 11) is 1.64. The van der Waals surface area contributed by atoms with Crippen molar-refractivity contribution >= 4 is 5.91 Å². The van der Waals surface area contributed by atoms with Gasteiger partial charge in [-0.05, 0) is 42.7 Å². The summed E-state index contributed by atoms with van der Waals surface area (Å²) in [5.41, 5.74) is 1.49. The minimum Gasteiger partial charge on any atom is -0.497 e. The zero-order valence-corrected chi connectivity index (χ0v) is 16.3. The second-order valence-corrected chi connectivity index (χ2v) is 7.12. The van der Waals surface area contributed by atoms with E-state index in [1.54, 1.807) is 25.3 Å². The summed E-state index contributed by atoms with van der Waals surface area (Å²) in [6, 6.07) is 14.4. The predicted octanol–water partition coefficient (Wildman–Crippen LogP) is 4.79. The standard InChI is InChI=1S/C23H23FN2O3/c1-28-17-10-8-16(9-11-17)20-7-4-14-26(20)23(27)13-12-22-25-15-21(29-22)18-5-2-3-6-19(18)24/h2-3,5-6,8-11,15,20H,4,7,12-14H2,1H3. The number of hydrogen-bond acceptors (Lipinski definition) is 4. The zero-order chi connectivity index (χ0) is 20.2. The largest absolute Gasteiger partial charge is 0.497 e. The molecular formula is C23H23FN2O3. The summed E-state index contributed by atoms with van der Waals surface area (Å²) < 4.78 is 24.8. The SMILES string of the molecule is COc1ccc(C2CCCN2C(=O)CCc2ncc(-c3ccccc3F)o2)cc1. The Bertz CT molecular complexity index is 984. The summed E-state index contributed by atoms with van der Waals surface area (Å²) >= 11 is 0. The van der Waals surface area contributed by atoms with Crippen LogP contribution in [0.3, 0.4) is 0 Å². The fraction of sp³-hybridized carbons (Fsp3) is 0.304. The second kappa shape index (κ2) is 8.47. The first-order valence-corrected chi connectivity index (χ1v) is 9.78. The number of oxazole rings is 1. The van der Waals surface area contributed by atoms with Crippen LogP contribution in [0.15, 0.2) is 59.1 Å². The summed E-state index contributed by atoms with van der Waals surface area (Å²) in [5, 5.41) is 0. The second-order valence-electron chi connectivity index (χ2n) is 7.12. The lowest BCUT2D eigenvalue weighted by Crippen LogP contribution is -2.30. The van der Waals surface area contributed by atoms with Crippen LogP contribution in [0.2, 0.25) is 0 Å². The highest BCUT2D eigenvalue weighted by molar-refractivity contribution is 5.77. The minimum atomic E-state index is -0.356. The Labute approximate surface area is 169 Å². The monoisotopic (exact) mass is 394 g/mol. The summed E-state index contributed by atoms with van der Waals surface area (Å²) in [6.07, 6.45) is 4.14. The maximum absolute atomic E-state index is 13.9. The highest BCUT2D eigenvalue weighted by atomic mass is 19.1. The molecule has 0 spiro atoms. The van der Waals surface area contributed by atoms with E-state index in [2.05, 4.69) is 4.98 Å². The highest BCUT2D eigenvalue weighted by Gasteiger charge is 2.29. The van der Waals surface area contributed by atoms with Gasteiger partial charge in [-0.25, -0.2) is 9.37 Å². The molecule has 1 aliphatic heterocycles. The van der Waals surface area contributed by atoms with E-state index in [1.807, 2.05) is 29.2 Å². The number of rotatable bonds is 6. The molecule has 0 radical (unpaired) electrons. The molecule has 0 bridgehead atoms. The lowest BCUT2D eigenvalue weighted by molar-refractivity contribution is -0.132. The molecule has 150 valence electrons. The van der Waals surface area contributed by atoms with E-state index in [4.69, 9.17) is 9.15 Å². The van der Waals surface area contributed by atoms with Gasteiger partial charge in [-0.1, -0.05) is 24.3 Å². The Hall–Kier alpha value is -3.15. The van der Waals surface area contributed by atoms with Crippen molar-refractivity contribution in [3.05, 3.63) is 72.0 Å². The third-order valence-corrected chi connectivity index (χ3v) is 5.32. The van der Waals surface area contributed by atoms with E-state index in [0.29, 0.717) is 30.1 Å². The molecule has 0 N–H and O–H groups in total. The fourth-order valence-electron chi connectivity index (χ4n) is 3.81. The van der Waals surface area contributed by atoms with Gasteiger partial charge < -0.3 is 14.1 Å². The van der Waals surface area contributed by atoms with Gasteiger partial charge >= 0.3 is 0 Å². The summed E-state index contributed by atoms with van der Waals surface area (Å²) in [4.78, 5) is 19.0. The van der Waals surface area contributed by atoms with Gasteiger partial charge in [-0.15, -0.1) is 0 Å². The van der Waals surface area contributed by atoms with Crippen molar-refractivity contribution in [2.45, 2.75) is 31.7 Å². The quantitative estimate of drug-likeness (QED) is 0.603. The number of carbonyl (C=O) groups excluding carboxylic acids is 1. The lowest BCUT2D eigenvalue weighted by Gasteiger charge is -2.25. The number of aryl methyl sites for hydroxylation is 1. The van der Waals surface area contributed by atoms with Crippen LogP contribution in [-0.4, -0.2) is 29.4 Å². The van der Waals surface area contributed by atoms with Crippen molar-refractivity contribution in [2.24, 2.45) is 0 Å². The summed E-state index contributed by atoms with van der Waals surface area (Å²) in [6.45, 7) is 0.752. The maximum Gasteiger partial charge on any atom is 0.223 e. The van der Waals surface area contributed by atoms with Crippen LogP contribution < -0.4 is 4.74 Å².